The zero-order valence-corrected chi connectivity index (χ0v) is 17.8. The Morgan fingerprint density at radius 1 is 1.23 bits per heavy atom. The first-order valence-electron chi connectivity index (χ1n) is 11.0. The molecule has 1 heterocycles. The molecule has 30 heavy (non-hydrogen) atoms. The van der Waals surface area contributed by atoms with E-state index in [0.29, 0.717) is 5.92 Å². The number of piperidine rings is 1. The van der Waals surface area contributed by atoms with Crippen LogP contribution < -0.4 is 10.1 Å². The average Bonchev–Trinajstić information content (AvgIpc) is 2.80. The lowest BCUT2D eigenvalue weighted by molar-refractivity contribution is 0.0473. The molecule has 4 rings (SSSR count). The topological polar surface area (TPSA) is 41.6 Å². The molecule has 2 aromatic rings. The summed E-state index contributed by atoms with van der Waals surface area (Å²) < 4.78 is 5.54. The highest BCUT2D eigenvalue weighted by Crippen LogP contribution is 2.49. The van der Waals surface area contributed by atoms with E-state index in [9.17, 15) is 4.79 Å². The smallest absolute Gasteiger partial charge is 0.251 e. The number of ether oxygens (including phenoxy) is 1. The van der Waals surface area contributed by atoms with Crippen molar-refractivity contribution in [3.05, 3.63) is 78.4 Å². The van der Waals surface area contributed by atoms with Crippen molar-refractivity contribution in [2.75, 3.05) is 26.7 Å². The van der Waals surface area contributed by atoms with Crippen LogP contribution in [0, 0.1) is 5.92 Å². The van der Waals surface area contributed by atoms with E-state index in [1.807, 2.05) is 42.5 Å². The van der Waals surface area contributed by atoms with Crippen molar-refractivity contribution in [1.82, 2.24) is 10.2 Å². The molecule has 0 spiro atoms. The number of carbonyl (C=O) groups is 1. The molecular weight excluding hydrogens is 372 g/mol. The fourth-order valence-electron chi connectivity index (χ4n) is 5.48. The monoisotopic (exact) mass is 404 g/mol. The summed E-state index contributed by atoms with van der Waals surface area (Å²) in [6.45, 7) is 7.01. The van der Waals surface area contributed by atoms with Crippen molar-refractivity contribution in [3.63, 3.8) is 0 Å². The molecule has 3 unspecified atom stereocenters. The Labute approximate surface area is 179 Å². The van der Waals surface area contributed by atoms with Crippen molar-refractivity contribution in [1.29, 1.82) is 0 Å². The molecule has 0 radical (unpaired) electrons. The maximum atomic E-state index is 12.8. The summed E-state index contributed by atoms with van der Waals surface area (Å²) in [6, 6.07) is 18.3. The van der Waals surface area contributed by atoms with Gasteiger partial charge in [0.25, 0.3) is 5.91 Å². The molecule has 3 atom stereocenters. The van der Waals surface area contributed by atoms with E-state index < -0.39 is 0 Å². The van der Waals surface area contributed by atoms with Gasteiger partial charge in [-0.1, -0.05) is 36.4 Å². The Morgan fingerprint density at radius 2 is 2.07 bits per heavy atom. The highest BCUT2D eigenvalue weighted by molar-refractivity contribution is 5.94. The second-order valence-electron chi connectivity index (χ2n) is 8.70. The first-order chi connectivity index (χ1) is 14.6. The van der Waals surface area contributed by atoms with Crippen LogP contribution in [0.4, 0.5) is 0 Å². The predicted octanol–water partition coefficient (Wildman–Crippen LogP) is 4.42. The molecular formula is C26H32N2O2. The van der Waals surface area contributed by atoms with Crippen LogP contribution in [0.15, 0.2) is 67.3 Å². The number of rotatable bonds is 6. The number of hydrogen-bond donors (Lipinski definition) is 1. The minimum atomic E-state index is 0.0314. The number of fused-ring (bicyclic) bond motifs is 1. The van der Waals surface area contributed by atoms with Crippen LogP contribution in [0.2, 0.25) is 0 Å². The van der Waals surface area contributed by atoms with Crippen molar-refractivity contribution in [2.45, 2.75) is 37.1 Å². The lowest BCUT2D eigenvalue weighted by Gasteiger charge is -2.53. The van der Waals surface area contributed by atoms with Gasteiger partial charge in [0.2, 0.25) is 0 Å². The van der Waals surface area contributed by atoms with Gasteiger partial charge in [-0.3, -0.25) is 9.69 Å². The minimum Gasteiger partial charge on any atom is -0.497 e. The quantitative estimate of drug-likeness (QED) is 0.725. The van der Waals surface area contributed by atoms with Crippen LogP contribution in [0.3, 0.4) is 0 Å². The van der Waals surface area contributed by atoms with Crippen LogP contribution in [0.1, 0.15) is 41.6 Å². The summed E-state index contributed by atoms with van der Waals surface area (Å²) in [6.07, 6.45) is 6.22. The van der Waals surface area contributed by atoms with Crippen LogP contribution in [0.5, 0.6) is 5.75 Å². The highest BCUT2D eigenvalue weighted by atomic mass is 16.5. The van der Waals surface area contributed by atoms with Gasteiger partial charge in [0.15, 0.2) is 0 Å². The first-order valence-corrected chi connectivity index (χ1v) is 11.0. The molecule has 1 aliphatic carbocycles. The maximum Gasteiger partial charge on any atom is 0.251 e. The van der Waals surface area contributed by atoms with E-state index in [-0.39, 0.29) is 17.4 Å². The minimum absolute atomic E-state index is 0.0314. The lowest BCUT2D eigenvalue weighted by atomic mass is 9.58. The van der Waals surface area contributed by atoms with Crippen LogP contribution >= 0.6 is 0 Å². The third-order valence-corrected chi connectivity index (χ3v) is 7.01. The van der Waals surface area contributed by atoms with Gasteiger partial charge in [0.1, 0.15) is 5.75 Å². The van der Waals surface area contributed by atoms with E-state index in [0.717, 1.165) is 56.6 Å². The zero-order chi connectivity index (χ0) is 21.0. The second kappa shape index (κ2) is 9.05. The number of methoxy groups -OCH3 is 1. The molecule has 1 saturated carbocycles. The Kier molecular flexibility index (Phi) is 6.24. The van der Waals surface area contributed by atoms with Crippen molar-refractivity contribution in [2.24, 2.45) is 5.92 Å². The summed E-state index contributed by atoms with van der Waals surface area (Å²) in [5, 5.41) is 3.33. The standard InChI is InChI=1S/C26H32N2O2/c1-3-15-28-16-14-26(21-10-7-11-24(17-21)30-2)18-23(13-12-22(26)19-28)27-25(29)20-8-5-4-6-9-20/h3-11,17,22-23H,1,12-16,18-19H2,2H3,(H,27,29). The molecule has 158 valence electrons. The number of hydrogen-bond acceptors (Lipinski definition) is 3. The van der Waals surface area contributed by atoms with E-state index in [1.165, 1.54) is 5.56 Å². The summed E-state index contributed by atoms with van der Waals surface area (Å²) in [4.78, 5) is 15.3. The maximum absolute atomic E-state index is 12.8. The normalized spacial score (nSPS) is 26.4. The Morgan fingerprint density at radius 3 is 2.83 bits per heavy atom. The molecule has 2 fully saturated rings. The molecule has 1 N–H and O–H groups in total. The fourth-order valence-corrected chi connectivity index (χ4v) is 5.48. The third-order valence-electron chi connectivity index (χ3n) is 7.01. The predicted molar refractivity (Wildman–Crippen MR) is 121 cm³/mol. The van der Waals surface area contributed by atoms with E-state index in [4.69, 9.17) is 4.74 Å². The molecule has 2 aromatic carbocycles. The number of nitrogens with zero attached hydrogens (tertiary/aromatic N) is 1. The highest BCUT2D eigenvalue weighted by Gasteiger charge is 2.48. The third kappa shape index (κ3) is 4.15. The zero-order valence-electron chi connectivity index (χ0n) is 17.8. The van der Waals surface area contributed by atoms with E-state index in [2.05, 4.69) is 35.0 Å². The van der Waals surface area contributed by atoms with E-state index >= 15 is 0 Å². The molecule has 4 nitrogen and oxygen atoms in total. The molecule has 2 aliphatic rings. The molecule has 1 amide bonds. The van der Waals surface area contributed by atoms with Gasteiger partial charge in [-0.05, 0) is 68.0 Å². The van der Waals surface area contributed by atoms with Crippen LogP contribution in [-0.2, 0) is 5.41 Å². The molecule has 0 aromatic heterocycles. The number of likely N-dealkylation sites (tertiary alicyclic amines) is 1. The van der Waals surface area contributed by atoms with Crippen LogP contribution in [0.25, 0.3) is 0 Å². The summed E-state index contributed by atoms with van der Waals surface area (Å²) in [5.41, 5.74) is 2.15. The first kappa shape index (κ1) is 20.7. The fraction of sp³-hybridized carbons (Fsp3) is 0.423. The second-order valence-corrected chi connectivity index (χ2v) is 8.70. The van der Waals surface area contributed by atoms with Gasteiger partial charge < -0.3 is 10.1 Å². The van der Waals surface area contributed by atoms with Crippen LogP contribution in [-0.4, -0.2) is 43.6 Å². The molecule has 1 aliphatic heterocycles. The number of amides is 1. The lowest BCUT2D eigenvalue weighted by Crippen LogP contribution is -2.56. The molecule has 4 heteroatoms. The van der Waals surface area contributed by atoms with Gasteiger partial charge in [0.05, 0.1) is 7.11 Å². The largest absolute Gasteiger partial charge is 0.497 e. The molecule has 1 saturated heterocycles. The Balaban J connectivity index is 1.59. The number of benzene rings is 2. The molecule has 0 bridgehead atoms. The Hall–Kier alpha value is -2.59. The SMILES string of the molecule is C=CCN1CCC2(c3cccc(OC)c3)CC(NC(=O)c3ccccc3)CCC2C1. The summed E-state index contributed by atoms with van der Waals surface area (Å²) >= 11 is 0. The summed E-state index contributed by atoms with van der Waals surface area (Å²) in [5.74, 6) is 1.51. The Bertz CT molecular complexity index is 882. The number of carbonyl (C=O) groups excluding carboxylic acids is 1. The van der Waals surface area contributed by atoms with Gasteiger partial charge in [-0.25, -0.2) is 0 Å². The van der Waals surface area contributed by atoms with Crippen molar-refractivity contribution < 1.29 is 9.53 Å². The van der Waals surface area contributed by atoms with Gasteiger partial charge in [-0.2, -0.15) is 0 Å². The van der Waals surface area contributed by atoms with Crippen molar-refractivity contribution in [3.8, 4) is 5.75 Å². The number of nitrogens with one attached hydrogen (secondary N) is 1. The van der Waals surface area contributed by atoms with Gasteiger partial charge >= 0.3 is 0 Å². The van der Waals surface area contributed by atoms with E-state index in [1.54, 1.807) is 7.11 Å². The van der Waals surface area contributed by atoms with Gasteiger partial charge in [0, 0.05) is 30.1 Å². The van der Waals surface area contributed by atoms with Crippen molar-refractivity contribution >= 4 is 5.91 Å². The van der Waals surface area contributed by atoms with Gasteiger partial charge in [-0.15, -0.1) is 6.58 Å². The summed E-state index contributed by atoms with van der Waals surface area (Å²) in [7, 11) is 1.73. The average molecular weight is 405 g/mol.